The van der Waals surface area contributed by atoms with Crippen LogP contribution in [0.2, 0.25) is 0 Å². The molecule has 1 aromatic carbocycles. The second kappa shape index (κ2) is 7.05. The van der Waals surface area contributed by atoms with Gasteiger partial charge >= 0.3 is 5.97 Å². The Kier molecular flexibility index (Phi) is 5.34. The largest absolute Gasteiger partial charge is 0.481 e. The lowest BCUT2D eigenvalue weighted by Crippen LogP contribution is -2.58. The Hall–Kier alpha value is -1.69. The van der Waals surface area contributed by atoms with Gasteiger partial charge in [-0.05, 0) is 50.3 Å². The molecule has 5 nitrogen and oxygen atoms in total. The molecule has 1 heterocycles. The van der Waals surface area contributed by atoms with Gasteiger partial charge < -0.3 is 15.2 Å². The zero-order valence-corrected chi connectivity index (χ0v) is 13.6. The second-order valence-corrected chi connectivity index (χ2v) is 6.79. The molecule has 1 amide bonds. The van der Waals surface area contributed by atoms with E-state index in [9.17, 15) is 14.7 Å². The van der Waals surface area contributed by atoms with Crippen LogP contribution in [-0.4, -0.2) is 40.1 Å². The minimum absolute atomic E-state index is 0.394. The minimum Gasteiger partial charge on any atom is -0.481 e. The van der Waals surface area contributed by atoms with Gasteiger partial charge in [0.25, 0.3) is 5.91 Å². The Morgan fingerprint density at radius 3 is 2.41 bits per heavy atom. The van der Waals surface area contributed by atoms with Crippen molar-refractivity contribution in [3.05, 3.63) is 29.8 Å². The molecule has 1 aromatic rings. The highest BCUT2D eigenvalue weighted by atomic mass is 32.2. The molecular formula is C16H21NO4S. The van der Waals surface area contributed by atoms with Crippen LogP contribution < -0.4 is 10.1 Å². The van der Waals surface area contributed by atoms with E-state index in [2.05, 4.69) is 5.32 Å². The molecule has 6 heteroatoms. The highest BCUT2D eigenvalue weighted by Crippen LogP contribution is 2.27. The molecular weight excluding hydrogens is 302 g/mol. The van der Waals surface area contributed by atoms with Crippen LogP contribution in [0, 0.1) is 6.92 Å². The number of thioether (sulfide) groups is 1. The molecule has 1 aliphatic rings. The Bertz CT molecular complexity index is 538. The van der Waals surface area contributed by atoms with Gasteiger partial charge in [-0.1, -0.05) is 17.7 Å². The molecule has 1 saturated heterocycles. The number of carboxylic acid groups (broad SMARTS) is 1. The quantitative estimate of drug-likeness (QED) is 0.869. The lowest BCUT2D eigenvalue weighted by molar-refractivity contribution is -0.149. The number of amides is 1. The van der Waals surface area contributed by atoms with Crippen molar-refractivity contribution in [2.24, 2.45) is 0 Å². The first-order valence-electron chi connectivity index (χ1n) is 7.29. The Morgan fingerprint density at radius 1 is 1.27 bits per heavy atom. The van der Waals surface area contributed by atoms with Crippen molar-refractivity contribution in [1.29, 1.82) is 0 Å². The smallest absolute Gasteiger partial charge is 0.329 e. The molecule has 0 radical (unpaired) electrons. The van der Waals surface area contributed by atoms with Crippen molar-refractivity contribution in [3.63, 3.8) is 0 Å². The number of carbonyl (C=O) groups is 2. The van der Waals surface area contributed by atoms with E-state index in [-0.39, 0.29) is 0 Å². The first-order valence-corrected chi connectivity index (χ1v) is 8.45. The summed E-state index contributed by atoms with van der Waals surface area (Å²) in [5, 5.41) is 12.2. The van der Waals surface area contributed by atoms with E-state index in [1.807, 2.05) is 19.1 Å². The standard InChI is InChI=1S/C16H21NO4S/c1-11-3-5-13(6-4-11)21-12(2)14(18)17-16(15(19)20)7-9-22-10-8-16/h3-6,12H,7-10H2,1-2H3,(H,17,18)(H,19,20). The fraction of sp³-hybridized carbons (Fsp3) is 0.500. The summed E-state index contributed by atoms with van der Waals surface area (Å²) >= 11 is 1.71. The second-order valence-electron chi connectivity index (χ2n) is 5.56. The summed E-state index contributed by atoms with van der Waals surface area (Å²) in [6.45, 7) is 3.60. The van der Waals surface area contributed by atoms with Crippen molar-refractivity contribution in [2.75, 3.05) is 11.5 Å². The monoisotopic (exact) mass is 323 g/mol. The van der Waals surface area contributed by atoms with Crippen molar-refractivity contribution in [2.45, 2.75) is 38.3 Å². The third-order valence-corrected chi connectivity index (χ3v) is 4.81. The van der Waals surface area contributed by atoms with Gasteiger partial charge in [0.05, 0.1) is 0 Å². The van der Waals surface area contributed by atoms with Gasteiger partial charge in [-0.15, -0.1) is 0 Å². The predicted octanol–water partition coefficient (Wildman–Crippen LogP) is 2.23. The van der Waals surface area contributed by atoms with Gasteiger partial charge in [0.2, 0.25) is 0 Å². The van der Waals surface area contributed by atoms with Crippen LogP contribution in [0.3, 0.4) is 0 Å². The molecule has 0 spiro atoms. The van der Waals surface area contributed by atoms with Gasteiger partial charge in [-0.3, -0.25) is 4.79 Å². The van der Waals surface area contributed by atoms with Crippen molar-refractivity contribution >= 4 is 23.6 Å². The fourth-order valence-corrected chi connectivity index (χ4v) is 3.51. The Labute approximate surface area is 134 Å². The lowest BCUT2D eigenvalue weighted by atomic mass is 9.92. The number of hydrogen-bond donors (Lipinski definition) is 2. The number of nitrogens with one attached hydrogen (secondary N) is 1. The molecule has 1 fully saturated rings. The van der Waals surface area contributed by atoms with Crippen LogP contribution in [0.25, 0.3) is 0 Å². The van der Waals surface area contributed by atoms with E-state index >= 15 is 0 Å². The maximum atomic E-state index is 12.3. The molecule has 22 heavy (non-hydrogen) atoms. The van der Waals surface area contributed by atoms with Crippen LogP contribution >= 0.6 is 11.8 Å². The van der Waals surface area contributed by atoms with Crippen LogP contribution in [0.4, 0.5) is 0 Å². The normalized spacial score (nSPS) is 18.3. The van der Waals surface area contributed by atoms with Crippen molar-refractivity contribution in [1.82, 2.24) is 5.32 Å². The van der Waals surface area contributed by atoms with Gasteiger partial charge in [0, 0.05) is 0 Å². The van der Waals surface area contributed by atoms with E-state index in [0.717, 1.165) is 17.1 Å². The number of hydrogen-bond acceptors (Lipinski definition) is 4. The van der Waals surface area contributed by atoms with Gasteiger partial charge in [-0.25, -0.2) is 4.79 Å². The van der Waals surface area contributed by atoms with Gasteiger partial charge in [-0.2, -0.15) is 11.8 Å². The number of benzene rings is 1. The van der Waals surface area contributed by atoms with Crippen LogP contribution in [-0.2, 0) is 9.59 Å². The molecule has 1 atom stereocenters. The topological polar surface area (TPSA) is 75.6 Å². The SMILES string of the molecule is Cc1ccc(OC(C)C(=O)NC2(C(=O)O)CCSCC2)cc1. The molecule has 2 rings (SSSR count). The third-order valence-electron chi connectivity index (χ3n) is 3.82. The minimum atomic E-state index is -1.16. The van der Waals surface area contributed by atoms with E-state index in [1.165, 1.54) is 0 Å². The summed E-state index contributed by atoms with van der Waals surface area (Å²) in [6.07, 6.45) is 0.139. The molecule has 0 bridgehead atoms. The third kappa shape index (κ3) is 3.94. The first kappa shape index (κ1) is 16.7. The zero-order chi connectivity index (χ0) is 16.2. The van der Waals surface area contributed by atoms with Crippen LogP contribution in [0.1, 0.15) is 25.3 Å². The number of ether oxygens (including phenoxy) is 1. The van der Waals surface area contributed by atoms with Gasteiger partial charge in [0.15, 0.2) is 6.10 Å². The summed E-state index contributed by atoms with van der Waals surface area (Å²) in [5.41, 5.74) is -0.0539. The number of aliphatic carboxylic acids is 1. The summed E-state index contributed by atoms with van der Waals surface area (Å²) in [5.74, 6) is 0.704. The predicted molar refractivity (Wildman–Crippen MR) is 86.3 cm³/mol. The fourth-order valence-electron chi connectivity index (χ4n) is 2.32. The van der Waals surface area contributed by atoms with E-state index < -0.39 is 23.5 Å². The van der Waals surface area contributed by atoms with Gasteiger partial charge in [0.1, 0.15) is 11.3 Å². The molecule has 0 aliphatic carbocycles. The maximum Gasteiger partial charge on any atom is 0.329 e. The molecule has 0 aromatic heterocycles. The van der Waals surface area contributed by atoms with Crippen molar-refractivity contribution < 1.29 is 19.4 Å². The summed E-state index contributed by atoms with van der Waals surface area (Å²) in [6, 6.07) is 7.39. The molecule has 120 valence electrons. The van der Waals surface area contributed by atoms with Crippen LogP contribution in [0.15, 0.2) is 24.3 Å². The zero-order valence-electron chi connectivity index (χ0n) is 12.8. The molecule has 2 N–H and O–H groups in total. The first-order chi connectivity index (χ1) is 10.4. The van der Waals surface area contributed by atoms with E-state index in [1.54, 1.807) is 30.8 Å². The summed E-state index contributed by atoms with van der Waals surface area (Å²) < 4.78 is 5.59. The number of carbonyl (C=O) groups excluding carboxylic acids is 1. The molecule has 0 saturated carbocycles. The molecule has 1 unspecified atom stereocenters. The average Bonchev–Trinajstić information content (AvgIpc) is 2.50. The lowest BCUT2D eigenvalue weighted by Gasteiger charge is -2.34. The Morgan fingerprint density at radius 2 is 1.86 bits per heavy atom. The maximum absolute atomic E-state index is 12.3. The highest BCUT2D eigenvalue weighted by molar-refractivity contribution is 7.99. The number of aryl methyl sites for hydroxylation is 1. The highest BCUT2D eigenvalue weighted by Gasteiger charge is 2.42. The van der Waals surface area contributed by atoms with E-state index in [0.29, 0.717) is 18.6 Å². The molecule has 1 aliphatic heterocycles. The number of carboxylic acids is 1. The Balaban J connectivity index is 2.00. The van der Waals surface area contributed by atoms with Crippen molar-refractivity contribution in [3.8, 4) is 5.75 Å². The van der Waals surface area contributed by atoms with Crippen LogP contribution in [0.5, 0.6) is 5.75 Å². The summed E-state index contributed by atoms with van der Waals surface area (Å²) in [4.78, 5) is 23.9. The average molecular weight is 323 g/mol. The number of rotatable bonds is 5. The van der Waals surface area contributed by atoms with E-state index in [4.69, 9.17) is 4.74 Å². The summed E-state index contributed by atoms with van der Waals surface area (Å²) in [7, 11) is 0.